The topological polar surface area (TPSA) is 141 Å². The highest BCUT2D eigenvalue weighted by atomic mass is 32.2. The number of rotatable bonds is 3. The number of nitrogens with two attached hydrogens (primary N) is 1. The van der Waals surface area contributed by atoms with Crippen molar-refractivity contribution in [2.24, 2.45) is 10.7 Å². The molecule has 10 nitrogen and oxygen atoms in total. The van der Waals surface area contributed by atoms with E-state index in [2.05, 4.69) is 20.3 Å². The quantitative estimate of drug-likeness (QED) is 0.687. The monoisotopic (exact) mass is 406 g/mol. The molecule has 0 radical (unpaired) electrons. The van der Waals surface area contributed by atoms with Crippen LogP contribution in [0.2, 0.25) is 0 Å². The lowest BCUT2D eigenvalue weighted by atomic mass is 9.92. The summed E-state index contributed by atoms with van der Waals surface area (Å²) < 4.78 is 50.5. The van der Waals surface area contributed by atoms with E-state index in [9.17, 15) is 12.8 Å². The van der Waals surface area contributed by atoms with E-state index >= 15 is 0 Å². The molecule has 0 amide bonds. The number of aromatic nitrogens is 3. The molecule has 28 heavy (non-hydrogen) atoms. The lowest BCUT2D eigenvalue weighted by molar-refractivity contribution is 0.419. The Kier molecular flexibility index (Phi) is 3.96. The van der Waals surface area contributed by atoms with Crippen LogP contribution in [0.25, 0.3) is 23.0 Å². The SMILES string of the molecule is CN1C(N)=N[C@](C)(c2cc(-c3nnc(-c4ccon4)o3)ccc2F)CS1(=O)=O. The highest BCUT2D eigenvalue weighted by Gasteiger charge is 2.41. The molecule has 3 aromatic rings. The van der Waals surface area contributed by atoms with Gasteiger partial charge in [-0.1, -0.05) is 5.16 Å². The molecule has 146 valence electrons. The minimum Gasteiger partial charge on any atom is -0.414 e. The molecule has 1 aromatic carbocycles. The van der Waals surface area contributed by atoms with Crippen molar-refractivity contribution in [2.45, 2.75) is 12.5 Å². The Hall–Kier alpha value is -3.28. The van der Waals surface area contributed by atoms with Crippen LogP contribution in [-0.4, -0.2) is 46.8 Å². The second-order valence-electron chi connectivity index (χ2n) is 6.46. The lowest BCUT2D eigenvalue weighted by Gasteiger charge is -2.34. The van der Waals surface area contributed by atoms with E-state index in [-0.39, 0.29) is 23.3 Å². The minimum absolute atomic E-state index is 0.0470. The van der Waals surface area contributed by atoms with E-state index in [1.165, 1.54) is 38.4 Å². The van der Waals surface area contributed by atoms with Crippen LogP contribution in [0.5, 0.6) is 0 Å². The number of halogens is 1. The van der Waals surface area contributed by atoms with Crippen LogP contribution in [0, 0.1) is 5.82 Å². The van der Waals surface area contributed by atoms with Crippen LogP contribution in [0.1, 0.15) is 12.5 Å². The van der Waals surface area contributed by atoms with Crippen molar-refractivity contribution in [1.29, 1.82) is 0 Å². The molecule has 0 aliphatic carbocycles. The van der Waals surface area contributed by atoms with Gasteiger partial charge in [0.15, 0.2) is 5.69 Å². The van der Waals surface area contributed by atoms with Gasteiger partial charge in [0.2, 0.25) is 21.9 Å². The molecular formula is C16H15FN6O4S. The summed E-state index contributed by atoms with van der Waals surface area (Å²) in [6.45, 7) is 1.50. The van der Waals surface area contributed by atoms with Gasteiger partial charge >= 0.3 is 0 Å². The second kappa shape index (κ2) is 6.12. The number of hydrogen-bond donors (Lipinski definition) is 1. The van der Waals surface area contributed by atoms with Crippen molar-refractivity contribution >= 4 is 16.0 Å². The summed E-state index contributed by atoms with van der Waals surface area (Å²) >= 11 is 0. The maximum absolute atomic E-state index is 14.6. The van der Waals surface area contributed by atoms with Gasteiger partial charge in [-0.05, 0) is 25.1 Å². The van der Waals surface area contributed by atoms with E-state index in [1.807, 2.05) is 0 Å². The maximum atomic E-state index is 14.6. The fourth-order valence-electron chi connectivity index (χ4n) is 2.93. The largest absolute Gasteiger partial charge is 0.414 e. The molecule has 4 rings (SSSR count). The Morgan fingerprint density at radius 3 is 2.68 bits per heavy atom. The van der Waals surface area contributed by atoms with Crippen LogP contribution >= 0.6 is 0 Å². The Labute approximate surface area is 158 Å². The lowest BCUT2D eigenvalue weighted by Crippen LogP contribution is -2.50. The first-order chi connectivity index (χ1) is 13.2. The summed E-state index contributed by atoms with van der Waals surface area (Å²) in [5.41, 5.74) is 5.12. The first-order valence-corrected chi connectivity index (χ1v) is 9.67. The van der Waals surface area contributed by atoms with Gasteiger partial charge < -0.3 is 14.7 Å². The van der Waals surface area contributed by atoms with Crippen molar-refractivity contribution in [3.05, 3.63) is 41.9 Å². The standard InChI is InChI=1S/C16H15FN6O4S/c1-16(8-28(24,25)23(2)15(18)19-16)10-7-9(3-4-11(10)17)13-20-21-14(27-13)12-5-6-26-22-12/h3-7H,8H2,1-2H3,(H2,18,19)/t16-/m0/s1. The van der Waals surface area contributed by atoms with Gasteiger partial charge in [-0.3, -0.25) is 0 Å². The van der Waals surface area contributed by atoms with Crippen LogP contribution in [0.4, 0.5) is 4.39 Å². The van der Waals surface area contributed by atoms with Crippen LogP contribution in [0.3, 0.4) is 0 Å². The molecular weight excluding hydrogens is 391 g/mol. The summed E-state index contributed by atoms with van der Waals surface area (Å²) in [6, 6.07) is 5.60. The van der Waals surface area contributed by atoms with E-state index < -0.39 is 27.1 Å². The molecule has 0 bridgehead atoms. The minimum atomic E-state index is -3.75. The Morgan fingerprint density at radius 2 is 2.00 bits per heavy atom. The fourth-order valence-corrected chi connectivity index (χ4v) is 4.38. The first-order valence-electron chi connectivity index (χ1n) is 8.06. The highest BCUT2D eigenvalue weighted by Crippen LogP contribution is 2.35. The van der Waals surface area contributed by atoms with Crippen molar-refractivity contribution < 1.29 is 21.7 Å². The van der Waals surface area contributed by atoms with Crippen molar-refractivity contribution in [2.75, 3.05) is 12.8 Å². The number of guanidine groups is 1. The van der Waals surface area contributed by atoms with Crippen LogP contribution < -0.4 is 5.73 Å². The molecule has 0 saturated heterocycles. The molecule has 12 heteroatoms. The van der Waals surface area contributed by atoms with Gasteiger partial charge in [-0.25, -0.2) is 22.1 Å². The Balaban J connectivity index is 1.78. The van der Waals surface area contributed by atoms with Gasteiger partial charge in [-0.15, -0.1) is 10.2 Å². The highest BCUT2D eigenvalue weighted by molar-refractivity contribution is 7.89. The number of aliphatic imine (C=N–C) groups is 1. The van der Waals surface area contributed by atoms with E-state index in [0.717, 1.165) is 4.31 Å². The summed E-state index contributed by atoms with van der Waals surface area (Å²) in [5.74, 6) is -1.05. The normalized spacial score (nSPS) is 21.5. The fraction of sp³-hybridized carbons (Fsp3) is 0.250. The molecule has 2 N–H and O–H groups in total. The van der Waals surface area contributed by atoms with E-state index in [1.54, 1.807) is 6.07 Å². The second-order valence-corrected chi connectivity index (χ2v) is 8.46. The third-order valence-corrected chi connectivity index (χ3v) is 6.39. The molecule has 3 heterocycles. The summed E-state index contributed by atoms with van der Waals surface area (Å²) in [7, 11) is -2.45. The molecule has 1 atom stereocenters. The van der Waals surface area contributed by atoms with Crippen molar-refractivity contribution in [3.8, 4) is 23.0 Å². The molecule has 0 spiro atoms. The predicted molar refractivity (Wildman–Crippen MR) is 95.7 cm³/mol. The zero-order chi connectivity index (χ0) is 20.1. The van der Waals surface area contributed by atoms with Gasteiger partial charge in [0.1, 0.15) is 17.6 Å². The summed E-state index contributed by atoms with van der Waals surface area (Å²) in [6.07, 6.45) is 1.36. The molecule has 1 aliphatic heterocycles. The third kappa shape index (κ3) is 2.91. The summed E-state index contributed by atoms with van der Waals surface area (Å²) in [5, 5.41) is 11.5. The van der Waals surface area contributed by atoms with Gasteiger partial charge in [0.25, 0.3) is 5.89 Å². The van der Waals surface area contributed by atoms with Crippen LogP contribution in [0.15, 0.2) is 44.5 Å². The summed E-state index contributed by atoms with van der Waals surface area (Å²) in [4.78, 5) is 4.21. The van der Waals surface area contributed by atoms with Gasteiger partial charge in [-0.2, -0.15) is 0 Å². The average Bonchev–Trinajstić information content (AvgIpc) is 3.31. The van der Waals surface area contributed by atoms with Gasteiger partial charge in [0.05, 0.1) is 5.75 Å². The molecule has 1 aliphatic rings. The zero-order valence-electron chi connectivity index (χ0n) is 14.8. The number of benzene rings is 1. The molecule has 0 fully saturated rings. The predicted octanol–water partition coefficient (Wildman–Crippen LogP) is 1.34. The van der Waals surface area contributed by atoms with E-state index in [4.69, 9.17) is 14.7 Å². The van der Waals surface area contributed by atoms with Crippen molar-refractivity contribution in [1.82, 2.24) is 19.7 Å². The average molecular weight is 406 g/mol. The Morgan fingerprint density at radius 1 is 1.25 bits per heavy atom. The first kappa shape index (κ1) is 18.1. The third-order valence-electron chi connectivity index (χ3n) is 4.44. The van der Waals surface area contributed by atoms with E-state index in [0.29, 0.717) is 11.3 Å². The molecule has 0 saturated carbocycles. The smallest absolute Gasteiger partial charge is 0.270 e. The van der Waals surface area contributed by atoms with Crippen LogP contribution in [-0.2, 0) is 15.6 Å². The molecule has 2 aromatic heterocycles. The number of hydrogen-bond acceptors (Lipinski definition) is 9. The maximum Gasteiger partial charge on any atom is 0.270 e. The molecule has 0 unspecified atom stereocenters. The number of sulfonamides is 1. The number of nitrogens with zero attached hydrogens (tertiary/aromatic N) is 5. The van der Waals surface area contributed by atoms with Gasteiger partial charge in [0, 0.05) is 24.2 Å². The zero-order valence-corrected chi connectivity index (χ0v) is 15.6. The Bertz CT molecular complexity index is 1170. The van der Waals surface area contributed by atoms with Crippen molar-refractivity contribution in [3.63, 3.8) is 0 Å².